The van der Waals surface area contributed by atoms with E-state index in [0.717, 1.165) is 22.3 Å². The minimum absolute atomic E-state index is 0.286. The Morgan fingerprint density at radius 3 is 2.76 bits per heavy atom. The first-order chi connectivity index (χ1) is 10.1. The minimum Gasteiger partial charge on any atom is -0.381 e. The molecule has 0 unspecified atom stereocenters. The Hall–Kier alpha value is -2.43. The second-order valence-electron chi connectivity index (χ2n) is 5.61. The van der Waals surface area contributed by atoms with E-state index < -0.39 is 0 Å². The monoisotopic (exact) mass is 281 g/mol. The third-order valence-electron chi connectivity index (χ3n) is 3.60. The summed E-state index contributed by atoms with van der Waals surface area (Å²) in [6, 6.07) is 10.3. The van der Waals surface area contributed by atoms with Gasteiger partial charge in [-0.2, -0.15) is 0 Å². The highest BCUT2D eigenvalue weighted by molar-refractivity contribution is 5.82. The highest BCUT2D eigenvalue weighted by atomic mass is 15.4. The van der Waals surface area contributed by atoms with Crippen LogP contribution in [-0.2, 0) is 6.54 Å². The van der Waals surface area contributed by atoms with E-state index in [4.69, 9.17) is 5.73 Å². The smallest absolute Gasteiger partial charge is 0.169 e. The minimum atomic E-state index is 0.286. The first kappa shape index (κ1) is 13.5. The number of nitrogen functional groups attached to an aromatic ring is 1. The van der Waals surface area contributed by atoms with Crippen LogP contribution in [-0.4, -0.2) is 20.0 Å². The molecule has 3 rings (SSSR count). The molecule has 5 heteroatoms. The molecule has 108 valence electrons. The molecule has 0 radical (unpaired) electrons. The molecule has 1 aromatic carbocycles. The summed E-state index contributed by atoms with van der Waals surface area (Å²) < 4.78 is 1.89. The third-order valence-corrected chi connectivity index (χ3v) is 3.60. The molecule has 5 nitrogen and oxygen atoms in total. The van der Waals surface area contributed by atoms with Crippen molar-refractivity contribution in [3.8, 4) is 0 Å². The summed E-state index contributed by atoms with van der Waals surface area (Å²) in [5.74, 6) is 0.800. The molecule has 0 atom stereocenters. The summed E-state index contributed by atoms with van der Waals surface area (Å²) in [7, 11) is 0. The van der Waals surface area contributed by atoms with Crippen LogP contribution in [0.5, 0.6) is 0 Å². The highest BCUT2D eigenvalue weighted by Crippen LogP contribution is 2.23. The zero-order chi connectivity index (χ0) is 15.0. The van der Waals surface area contributed by atoms with E-state index in [1.54, 1.807) is 0 Å². The molecule has 2 N–H and O–H groups in total. The summed E-state index contributed by atoms with van der Waals surface area (Å²) in [6.07, 6.45) is 0. The van der Waals surface area contributed by atoms with Crippen LogP contribution in [0.3, 0.4) is 0 Å². The summed E-state index contributed by atoms with van der Waals surface area (Å²) in [5.41, 5.74) is 10.1. The quantitative estimate of drug-likeness (QED) is 0.801. The number of hydrogen-bond donors (Lipinski definition) is 1. The standard InChI is InChI=1S/C16H19N5/c1-10(2)15-16(17)19-20-21(15)9-12-8-11(3)18-14-7-5-4-6-13(12)14/h4-8,10H,9,17H2,1-3H3. The fourth-order valence-electron chi connectivity index (χ4n) is 2.73. The first-order valence-electron chi connectivity index (χ1n) is 7.10. The number of nitrogens with two attached hydrogens (primary N) is 1. The molecule has 0 aliphatic rings. The van der Waals surface area contributed by atoms with Gasteiger partial charge in [-0.25, -0.2) is 4.68 Å². The summed E-state index contributed by atoms with van der Waals surface area (Å²) in [5, 5.41) is 9.35. The second-order valence-corrected chi connectivity index (χ2v) is 5.61. The molecule has 0 amide bonds. The Kier molecular flexibility index (Phi) is 3.33. The maximum absolute atomic E-state index is 5.93. The van der Waals surface area contributed by atoms with Crippen molar-refractivity contribution in [1.82, 2.24) is 20.0 Å². The number of aromatic nitrogens is 4. The van der Waals surface area contributed by atoms with Gasteiger partial charge in [0.25, 0.3) is 0 Å². The number of rotatable bonds is 3. The third kappa shape index (κ3) is 2.46. The lowest BCUT2D eigenvalue weighted by atomic mass is 10.1. The van der Waals surface area contributed by atoms with Crippen LogP contribution in [0.25, 0.3) is 10.9 Å². The van der Waals surface area contributed by atoms with E-state index in [1.165, 1.54) is 5.56 Å². The lowest BCUT2D eigenvalue weighted by Crippen LogP contribution is -2.09. The number of anilines is 1. The fourth-order valence-corrected chi connectivity index (χ4v) is 2.73. The number of nitrogens with zero attached hydrogens (tertiary/aromatic N) is 4. The van der Waals surface area contributed by atoms with Gasteiger partial charge < -0.3 is 5.73 Å². The number of para-hydroxylation sites is 1. The normalized spacial score (nSPS) is 11.4. The Labute approximate surface area is 123 Å². The van der Waals surface area contributed by atoms with Crippen LogP contribution in [0.4, 0.5) is 5.82 Å². The lowest BCUT2D eigenvalue weighted by molar-refractivity contribution is 0.599. The molecule has 3 aromatic rings. The number of hydrogen-bond acceptors (Lipinski definition) is 4. The number of pyridine rings is 1. The Morgan fingerprint density at radius 2 is 2.00 bits per heavy atom. The van der Waals surface area contributed by atoms with Crippen LogP contribution >= 0.6 is 0 Å². The van der Waals surface area contributed by atoms with Crippen molar-refractivity contribution in [3.05, 3.63) is 47.3 Å². The first-order valence-corrected chi connectivity index (χ1v) is 7.10. The van der Waals surface area contributed by atoms with E-state index in [2.05, 4.69) is 41.3 Å². The summed E-state index contributed by atoms with van der Waals surface area (Å²) in [6.45, 7) is 6.86. The number of benzene rings is 1. The van der Waals surface area contributed by atoms with Gasteiger partial charge in [0.15, 0.2) is 5.82 Å². The van der Waals surface area contributed by atoms with Crippen molar-refractivity contribution in [2.45, 2.75) is 33.2 Å². The van der Waals surface area contributed by atoms with Gasteiger partial charge in [-0.1, -0.05) is 37.3 Å². The molecule has 2 aromatic heterocycles. The molecule has 2 heterocycles. The summed E-state index contributed by atoms with van der Waals surface area (Å²) >= 11 is 0. The molecule has 0 saturated heterocycles. The molecule has 0 fully saturated rings. The van der Waals surface area contributed by atoms with Crippen molar-refractivity contribution in [2.24, 2.45) is 0 Å². The Bertz CT molecular complexity index is 788. The topological polar surface area (TPSA) is 69.6 Å². The summed E-state index contributed by atoms with van der Waals surface area (Å²) in [4.78, 5) is 4.57. The van der Waals surface area contributed by atoms with Gasteiger partial charge in [-0.3, -0.25) is 4.98 Å². The molecule has 21 heavy (non-hydrogen) atoms. The molecular formula is C16H19N5. The molecule has 0 aliphatic carbocycles. The van der Waals surface area contributed by atoms with Crippen molar-refractivity contribution >= 4 is 16.7 Å². The number of aryl methyl sites for hydroxylation is 1. The van der Waals surface area contributed by atoms with Gasteiger partial charge in [0.2, 0.25) is 0 Å². The van der Waals surface area contributed by atoms with Crippen molar-refractivity contribution < 1.29 is 0 Å². The predicted molar refractivity (Wildman–Crippen MR) is 84.1 cm³/mol. The Balaban J connectivity index is 2.10. The van der Waals surface area contributed by atoms with Crippen molar-refractivity contribution in [2.75, 3.05) is 5.73 Å². The van der Waals surface area contributed by atoms with Gasteiger partial charge in [0.05, 0.1) is 17.8 Å². The van der Waals surface area contributed by atoms with E-state index in [0.29, 0.717) is 12.4 Å². The van der Waals surface area contributed by atoms with E-state index in [1.807, 2.05) is 29.8 Å². The molecule has 0 aliphatic heterocycles. The largest absolute Gasteiger partial charge is 0.381 e. The van der Waals surface area contributed by atoms with Crippen LogP contribution in [0.15, 0.2) is 30.3 Å². The second kappa shape index (κ2) is 5.16. The molecular weight excluding hydrogens is 262 g/mol. The maximum atomic E-state index is 5.93. The van der Waals surface area contributed by atoms with E-state index in [9.17, 15) is 0 Å². The molecule has 0 saturated carbocycles. The molecule has 0 spiro atoms. The van der Waals surface area contributed by atoms with Gasteiger partial charge in [-0.05, 0) is 30.5 Å². The van der Waals surface area contributed by atoms with Gasteiger partial charge >= 0.3 is 0 Å². The van der Waals surface area contributed by atoms with Gasteiger partial charge in [0.1, 0.15) is 0 Å². The fraction of sp³-hybridized carbons (Fsp3) is 0.312. The average molecular weight is 281 g/mol. The van der Waals surface area contributed by atoms with Crippen molar-refractivity contribution in [3.63, 3.8) is 0 Å². The SMILES string of the molecule is Cc1cc(Cn2nnc(N)c2C(C)C)c2ccccc2n1. The van der Waals surface area contributed by atoms with Crippen LogP contribution in [0, 0.1) is 6.92 Å². The van der Waals surface area contributed by atoms with E-state index >= 15 is 0 Å². The van der Waals surface area contributed by atoms with Crippen LogP contribution < -0.4 is 5.73 Å². The zero-order valence-corrected chi connectivity index (χ0v) is 12.5. The van der Waals surface area contributed by atoms with Gasteiger partial charge in [0, 0.05) is 11.1 Å². The van der Waals surface area contributed by atoms with Crippen LogP contribution in [0.1, 0.15) is 36.7 Å². The lowest BCUT2D eigenvalue weighted by Gasteiger charge is -2.12. The van der Waals surface area contributed by atoms with E-state index in [-0.39, 0.29) is 5.92 Å². The molecule has 0 bridgehead atoms. The zero-order valence-electron chi connectivity index (χ0n) is 12.5. The average Bonchev–Trinajstić information content (AvgIpc) is 2.79. The van der Waals surface area contributed by atoms with Gasteiger partial charge in [-0.15, -0.1) is 5.10 Å². The number of fused-ring (bicyclic) bond motifs is 1. The van der Waals surface area contributed by atoms with Crippen molar-refractivity contribution in [1.29, 1.82) is 0 Å². The maximum Gasteiger partial charge on any atom is 0.169 e. The predicted octanol–water partition coefficient (Wildman–Crippen LogP) is 2.89. The van der Waals surface area contributed by atoms with Crippen LogP contribution in [0.2, 0.25) is 0 Å². The Morgan fingerprint density at radius 1 is 1.24 bits per heavy atom. The highest BCUT2D eigenvalue weighted by Gasteiger charge is 2.15.